The summed E-state index contributed by atoms with van der Waals surface area (Å²) in [4.78, 5) is 36.7. The number of nitrogens with one attached hydrogen (secondary N) is 1. The lowest BCUT2D eigenvalue weighted by molar-refractivity contribution is -0.122. The van der Waals surface area contributed by atoms with Crippen molar-refractivity contribution >= 4 is 40.4 Å². The molecule has 0 aliphatic heterocycles. The normalized spacial score (nSPS) is 10.4. The number of hydrogen-bond donors (Lipinski definition) is 1. The van der Waals surface area contributed by atoms with Crippen LogP contribution in [0, 0.1) is 17.7 Å². The van der Waals surface area contributed by atoms with Gasteiger partial charge in [0, 0.05) is 32.3 Å². The molecule has 1 N–H and O–H groups in total. The van der Waals surface area contributed by atoms with Crippen molar-refractivity contribution in [2.45, 2.75) is 13.0 Å². The quantitative estimate of drug-likeness (QED) is 0.757. The highest BCUT2D eigenvalue weighted by molar-refractivity contribution is 7.18. The summed E-state index contributed by atoms with van der Waals surface area (Å²) in [6.07, 6.45) is -1.95. The summed E-state index contributed by atoms with van der Waals surface area (Å²) in [5.41, 5.74) is -1.15. The van der Waals surface area contributed by atoms with E-state index in [0.717, 1.165) is 23.6 Å². The number of carbonyl (C=O) groups excluding carboxylic acids is 2. The Balaban J connectivity index is 2.24. The molecular weight excluding hydrogens is 419 g/mol. The van der Waals surface area contributed by atoms with Crippen LogP contribution in [-0.4, -0.2) is 41.8 Å². The van der Waals surface area contributed by atoms with E-state index in [4.69, 9.17) is 11.6 Å². The van der Waals surface area contributed by atoms with Crippen molar-refractivity contribution in [2.75, 3.05) is 19.4 Å². The van der Waals surface area contributed by atoms with Crippen molar-refractivity contribution < 1.29 is 22.8 Å². The molecule has 0 aromatic carbocycles. The zero-order valence-electron chi connectivity index (χ0n) is 14.6. The first kappa shape index (κ1) is 21.5. The van der Waals surface area contributed by atoms with Crippen LogP contribution in [0.4, 0.5) is 18.9 Å². The molecule has 2 aromatic rings. The molecule has 148 valence electrons. The zero-order valence-corrected chi connectivity index (χ0v) is 16.1. The predicted octanol–water partition coefficient (Wildman–Crippen LogP) is 2.66. The first-order chi connectivity index (χ1) is 13.1. The number of carbonyl (C=O) groups is 2. The fraction of sp³-hybridized carbons (Fsp3) is 0.235. The lowest BCUT2D eigenvalue weighted by Gasteiger charge is -2.09. The number of rotatable bonds is 4. The van der Waals surface area contributed by atoms with Crippen LogP contribution < -0.4 is 10.9 Å². The number of alkyl halides is 2. The summed E-state index contributed by atoms with van der Waals surface area (Å²) in [6, 6.07) is 2.07. The molecule has 0 aliphatic carbocycles. The maximum atomic E-state index is 13.7. The van der Waals surface area contributed by atoms with Crippen LogP contribution in [0.5, 0.6) is 0 Å². The van der Waals surface area contributed by atoms with E-state index in [1.165, 1.54) is 25.1 Å². The minimum Gasteiger partial charge on any atom is -0.338 e. The Kier molecular flexibility index (Phi) is 6.88. The molecular formula is C17H13ClF3N3O3S. The number of anilines is 1. The van der Waals surface area contributed by atoms with E-state index in [-0.39, 0.29) is 20.5 Å². The average molecular weight is 432 g/mol. The third-order valence-electron chi connectivity index (χ3n) is 3.26. The number of nitrogens with zero attached hydrogens (tertiary/aromatic N) is 2. The third kappa shape index (κ3) is 5.37. The van der Waals surface area contributed by atoms with Gasteiger partial charge in [0.1, 0.15) is 4.34 Å². The van der Waals surface area contributed by atoms with Gasteiger partial charge >= 0.3 is 0 Å². The fourth-order valence-corrected chi connectivity index (χ4v) is 3.03. The van der Waals surface area contributed by atoms with Crippen LogP contribution in [0.15, 0.2) is 23.1 Å². The summed E-state index contributed by atoms with van der Waals surface area (Å²) in [7, 11) is 3.05. The van der Waals surface area contributed by atoms with Crippen molar-refractivity contribution in [3.8, 4) is 11.8 Å². The molecule has 2 rings (SSSR count). The van der Waals surface area contributed by atoms with Gasteiger partial charge in [-0.25, -0.2) is 13.2 Å². The second-order valence-electron chi connectivity index (χ2n) is 5.63. The second kappa shape index (κ2) is 8.95. The fourth-order valence-electron chi connectivity index (χ4n) is 1.94. The van der Waals surface area contributed by atoms with Crippen molar-refractivity contribution in [1.29, 1.82) is 0 Å². The van der Waals surface area contributed by atoms with Gasteiger partial charge in [-0.2, -0.15) is 0 Å². The van der Waals surface area contributed by atoms with Gasteiger partial charge < -0.3 is 14.8 Å². The van der Waals surface area contributed by atoms with Crippen LogP contribution >= 0.6 is 22.9 Å². The van der Waals surface area contributed by atoms with Crippen molar-refractivity contribution in [3.05, 3.63) is 49.3 Å². The van der Waals surface area contributed by atoms with Crippen LogP contribution in [0.1, 0.15) is 15.2 Å². The Morgan fingerprint density at radius 1 is 1.36 bits per heavy atom. The minimum absolute atomic E-state index is 0.0959. The van der Waals surface area contributed by atoms with Gasteiger partial charge in [-0.3, -0.25) is 14.4 Å². The Hall–Kier alpha value is -2.77. The molecule has 0 bridgehead atoms. The van der Waals surface area contributed by atoms with E-state index in [9.17, 15) is 27.6 Å². The van der Waals surface area contributed by atoms with Gasteiger partial charge in [-0.05, 0) is 6.07 Å². The van der Waals surface area contributed by atoms with E-state index in [2.05, 4.69) is 17.2 Å². The van der Waals surface area contributed by atoms with Gasteiger partial charge in [0.2, 0.25) is 0 Å². The molecule has 0 saturated heterocycles. The molecule has 0 fully saturated rings. The van der Waals surface area contributed by atoms with Crippen LogP contribution in [0.2, 0.25) is 4.34 Å². The summed E-state index contributed by atoms with van der Waals surface area (Å²) < 4.78 is 39.3. The highest BCUT2D eigenvalue weighted by Crippen LogP contribution is 2.27. The predicted molar refractivity (Wildman–Crippen MR) is 99.5 cm³/mol. The molecule has 2 amide bonds. The van der Waals surface area contributed by atoms with E-state index in [0.29, 0.717) is 4.57 Å². The molecule has 0 radical (unpaired) electrons. The molecule has 0 aliphatic rings. The molecule has 2 aromatic heterocycles. The van der Waals surface area contributed by atoms with Crippen LogP contribution in [0.25, 0.3) is 0 Å². The highest BCUT2D eigenvalue weighted by Gasteiger charge is 2.16. The first-order valence-electron chi connectivity index (χ1n) is 7.60. The Labute approximate surface area is 166 Å². The third-order valence-corrected chi connectivity index (χ3v) is 4.61. The standard InChI is InChI=1S/C17H13ClF3N3O3S/c1-23(2)14(25)4-3-9-5-12(28-15(9)18)16(26)22-10-6-11(19)17(27)24(7-10)8-13(20)21/h5-7,13H,8H2,1-2H3,(H,22,26). The molecule has 0 atom stereocenters. The van der Waals surface area contributed by atoms with E-state index < -0.39 is 36.2 Å². The lowest BCUT2D eigenvalue weighted by Crippen LogP contribution is -2.26. The molecule has 0 saturated carbocycles. The van der Waals surface area contributed by atoms with Crippen molar-refractivity contribution in [2.24, 2.45) is 0 Å². The largest absolute Gasteiger partial charge is 0.338 e. The second-order valence-corrected chi connectivity index (χ2v) is 7.28. The van der Waals surface area contributed by atoms with Gasteiger partial charge in [-0.15, -0.1) is 11.3 Å². The van der Waals surface area contributed by atoms with Gasteiger partial charge in [-0.1, -0.05) is 17.5 Å². The number of aromatic nitrogens is 1. The summed E-state index contributed by atoms with van der Waals surface area (Å²) >= 11 is 6.87. The van der Waals surface area contributed by atoms with Gasteiger partial charge in [0.15, 0.2) is 5.82 Å². The maximum absolute atomic E-state index is 13.7. The number of halogens is 4. The molecule has 6 nitrogen and oxygen atoms in total. The zero-order chi connectivity index (χ0) is 21.0. The van der Waals surface area contributed by atoms with Gasteiger partial charge in [0.05, 0.1) is 22.7 Å². The van der Waals surface area contributed by atoms with Crippen LogP contribution in [-0.2, 0) is 11.3 Å². The monoisotopic (exact) mass is 431 g/mol. The lowest BCUT2D eigenvalue weighted by atomic mass is 10.3. The first-order valence-corrected chi connectivity index (χ1v) is 8.80. The molecule has 2 heterocycles. The van der Waals surface area contributed by atoms with E-state index in [1.54, 1.807) is 0 Å². The number of hydrogen-bond acceptors (Lipinski definition) is 4. The van der Waals surface area contributed by atoms with Gasteiger partial charge in [0.25, 0.3) is 23.8 Å². The molecule has 0 unspecified atom stereocenters. The maximum Gasteiger partial charge on any atom is 0.298 e. The number of pyridine rings is 1. The molecule has 28 heavy (non-hydrogen) atoms. The average Bonchev–Trinajstić information content (AvgIpc) is 2.97. The minimum atomic E-state index is -2.87. The smallest absolute Gasteiger partial charge is 0.298 e. The van der Waals surface area contributed by atoms with E-state index >= 15 is 0 Å². The molecule has 11 heteroatoms. The SMILES string of the molecule is CN(C)C(=O)C#Cc1cc(C(=O)Nc2cc(F)c(=O)n(CC(F)F)c2)sc1Cl. The van der Waals surface area contributed by atoms with Crippen molar-refractivity contribution in [3.63, 3.8) is 0 Å². The summed E-state index contributed by atoms with van der Waals surface area (Å²) in [5, 5.41) is 2.31. The summed E-state index contributed by atoms with van der Waals surface area (Å²) in [6.45, 7) is -1.01. The van der Waals surface area contributed by atoms with E-state index in [1.807, 2.05) is 0 Å². The number of amides is 2. The summed E-state index contributed by atoms with van der Waals surface area (Å²) in [5.74, 6) is 2.46. The number of thiophene rings is 1. The highest BCUT2D eigenvalue weighted by atomic mass is 35.5. The topological polar surface area (TPSA) is 71.4 Å². The van der Waals surface area contributed by atoms with Crippen molar-refractivity contribution in [1.82, 2.24) is 9.47 Å². The Morgan fingerprint density at radius 3 is 2.64 bits per heavy atom. The van der Waals surface area contributed by atoms with Crippen LogP contribution in [0.3, 0.4) is 0 Å². The Morgan fingerprint density at radius 2 is 2.04 bits per heavy atom. The Bertz CT molecular complexity index is 1040. The molecule has 0 spiro atoms.